The van der Waals surface area contributed by atoms with Crippen LogP contribution in [0.2, 0.25) is 5.02 Å². The van der Waals surface area contributed by atoms with Crippen LogP contribution < -0.4 is 14.9 Å². The van der Waals surface area contributed by atoms with E-state index in [0.29, 0.717) is 13.2 Å². The first-order valence-corrected chi connectivity index (χ1v) is 12.0. The van der Waals surface area contributed by atoms with E-state index >= 15 is 0 Å². The van der Waals surface area contributed by atoms with Crippen LogP contribution in [0.1, 0.15) is 23.2 Å². The Hall–Kier alpha value is -2.62. The van der Waals surface area contributed by atoms with E-state index in [1.807, 2.05) is 0 Å². The number of rotatable bonds is 8. The molecular weight excluding hydrogens is 442 g/mol. The van der Waals surface area contributed by atoms with Gasteiger partial charge in [0.2, 0.25) is 15.9 Å². The highest BCUT2D eigenvalue weighted by atomic mass is 35.5. The van der Waals surface area contributed by atoms with Gasteiger partial charge in [-0.2, -0.15) is 0 Å². The summed E-state index contributed by atoms with van der Waals surface area (Å²) in [5, 5.41) is 5.65. The van der Waals surface area contributed by atoms with Crippen molar-refractivity contribution in [2.24, 2.45) is 0 Å². The number of amides is 2. The van der Waals surface area contributed by atoms with Crippen molar-refractivity contribution in [3.8, 4) is 0 Å². The topological polar surface area (TPSA) is 105 Å². The van der Waals surface area contributed by atoms with Gasteiger partial charge in [-0.15, -0.1) is 0 Å². The fraction of sp³-hybridized carbons (Fsp3) is 0.333. The number of anilines is 2. The van der Waals surface area contributed by atoms with Gasteiger partial charge in [0.05, 0.1) is 34.3 Å². The van der Waals surface area contributed by atoms with Gasteiger partial charge >= 0.3 is 0 Å². The normalized spacial score (nSPS) is 16.0. The molecule has 0 unspecified atom stereocenters. The summed E-state index contributed by atoms with van der Waals surface area (Å²) in [7, 11) is -3.78. The largest absolute Gasteiger partial charge is 0.376 e. The van der Waals surface area contributed by atoms with Crippen molar-refractivity contribution < 1.29 is 22.7 Å². The number of hydrogen-bond donors (Lipinski definition) is 2. The summed E-state index contributed by atoms with van der Waals surface area (Å²) in [4.78, 5) is 25.3. The molecule has 0 aromatic heterocycles. The molecule has 1 atom stereocenters. The SMILES string of the molecule is CS(=O)(=O)N(CC(=O)Nc1ccccc1C(=O)NC[C@H]1CCCO1)c1ccccc1Cl. The predicted octanol–water partition coefficient (Wildman–Crippen LogP) is 2.65. The molecule has 3 rings (SSSR count). The lowest BCUT2D eigenvalue weighted by molar-refractivity contribution is -0.114. The number of ether oxygens (including phenoxy) is 1. The molecule has 0 spiro atoms. The minimum atomic E-state index is -3.78. The number of nitrogens with zero attached hydrogens (tertiary/aromatic N) is 1. The van der Waals surface area contributed by atoms with Crippen molar-refractivity contribution in [3.63, 3.8) is 0 Å². The van der Waals surface area contributed by atoms with Crippen molar-refractivity contribution in [1.82, 2.24) is 5.32 Å². The molecule has 0 saturated carbocycles. The minimum Gasteiger partial charge on any atom is -0.376 e. The van der Waals surface area contributed by atoms with Crippen LogP contribution in [0, 0.1) is 0 Å². The number of carbonyl (C=O) groups excluding carboxylic acids is 2. The molecule has 0 bridgehead atoms. The Morgan fingerprint density at radius 3 is 2.55 bits per heavy atom. The van der Waals surface area contributed by atoms with Crippen LogP contribution in [-0.2, 0) is 19.6 Å². The Morgan fingerprint density at radius 1 is 1.16 bits per heavy atom. The molecule has 2 amide bonds. The third kappa shape index (κ3) is 6.19. The first-order valence-electron chi connectivity index (χ1n) is 9.76. The van der Waals surface area contributed by atoms with Gasteiger partial charge in [-0.3, -0.25) is 13.9 Å². The van der Waals surface area contributed by atoms with Gasteiger partial charge in [0, 0.05) is 13.2 Å². The number of sulfonamides is 1. The second-order valence-corrected chi connectivity index (χ2v) is 9.47. The van der Waals surface area contributed by atoms with Gasteiger partial charge in [0.25, 0.3) is 5.91 Å². The molecule has 8 nitrogen and oxygen atoms in total. The van der Waals surface area contributed by atoms with Gasteiger partial charge in [-0.1, -0.05) is 35.9 Å². The van der Waals surface area contributed by atoms with Crippen LogP contribution in [0.25, 0.3) is 0 Å². The van der Waals surface area contributed by atoms with Crippen LogP contribution in [0.5, 0.6) is 0 Å². The van der Waals surface area contributed by atoms with Crippen LogP contribution in [0.4, 0.5) is 11.4 Å². The first kappa shape index (κ1) is 23.1. The number of para-hydroxylation sites is 2. The number of benzene rings is 2. The second kappa shape index (κ2) is 10.1. The zero-order valence-electron chi connectivity index (χ0n) is 17.0. The smallest absolute Gasteiger partial charge is 0.253 e. The molecule has 10 heteroatoms. The second-order valence-electron chi connectivity index (χ2n) is 7.16. The standard InChI is InChI=1S/C21H24ClN3O5S/c1-31(28,29)25(19-11-5-3-9-17(19)22)14-20(26)24-18-10-4-2-8-16(18)21(27)23-13-15-7-6-12-30-15/h2-5,8-11,15H,6-7,12-14H2,1H3,(H,23,27)(H,24,26)/t15-/m1/s1. The van der Waals surface area contributed by atoms with E-state index in [-0.39, 0.29) is 34.0 Å². The Kier molecular flexibility index (Phi) is 7.53. The fourth-order valence-electron chi connectivity index (χ4n) is 3.25. The number of nitrogens with one attached hydrogen (secondary N) is 2. The van der Waals surface area contributed by atoms with Crippen LogP contribution in [0.3, 0.4) is 0 Å². The Balaban J connectivity index is 1.72. The van der Waals surface area contributed by atoms with E-state index in [4.69, 9.17) is 16.3 Å². The van der Waals surface area contributed by atoms with Crippen LogP contribution >= 0.6 is 11.6 Å². The molecule has 166 valence electrons. The van der Waals surface area contributed by atoms with Crippen molar-refractivity contribution in [1.29, 1.82) is 0 Å². The highest BCUT2D eigenvalue weighted by molar-refractivity contribution is 7.92. The number of hydrogen-bond acceptors (Lipinski definition) is 5. The average Bonchev–Trinajstić information content (AvgIpc) is 3.24. The zero-order chi connectivity index (χ0) is 22.4. The molecule has 0 aliphatic carbocycles. The Labute approximate surface area is 186 Å². The third-order valence-electron chi connectivity index (χ3n) is 4.77. The molecule has 1 fully saturated rings. The van der Waals surface area contributed by atoms with E-state index in [0.717, 1.165) is 23.4 Å². The lowest BCUT2D eigenvalue weighted by Crippen LogP contribution is -2.38. The Bertz CT molecular complexity index is 1050. The number of carbonyl (C=O) groups is 2. The first-order chi connectivity index (χ1) is 14.8. The van der Waals surface area contributed by atoms with Gasteiger partial charge < -0.3 is 15.4 Å². The minimum absolute atomic E-state index is 0.00959. The maximum absolute atomic E-state index is 12.7. The molecule has 1 aliphatic rings. The summed E-state index contributed by atoms with van der Waals surface area (Å²) in [5.41, 5.74) is 0.756. The Morgan fingerprint density at radius 2 is 1.87 bits per heavy atom. The van der Waals surface area contributed by atoms with Crippen LogP contribution in [-0.4, -0.2) is 52.3 Å². The van der Waals surface area contributed by atoms with Crippen LogP contribution in [0.15, 0.2) is 48.5 Å². The summed E-state index contributed by atoms with van der Waals surface area (Å²) < 4.78 is 31.0. The van der Waals surface area contributed by atoms with E-state index in [9.17, 15) is 18.0 Å². The van der Waals surface area contributed by atoms with E-state index < -0.39 is 22.5 Å². The van der Waals surface area contributed by atoms with E-state index in [1.165, 1.54) is 6.07 Å². The molecule has 1 heterocycles. The summed E-state index contributed by atoms with van der Waals surface area (Å²) in [6.07, 6.45) is 2.85. The molecule has 0 radical (unpaired) electrons. The van der Waals surface area contributed by atoms with Gasteiger partial charge in [-0.25, -0.2) is 8.42 Å². The summed E-state index contributed by atoms with van der Waals surface area (Å²) >= 11 is 6.12. The monoisotopic (exact) mass is 465 g/mol. The quantitative estimate of drug-likeness (QED) is 0.623. The molecule has 2 aromatic carbocycles. The van der Waals surface area contributed by atoms with Crippen molar-refractivity contribution in [2.75, 3.05) is 35.6 Å². The average molecular weight is 466 g/mol. The van der Waals surface area contributed by atoms with Gasteiger partial charge in [0.15, 0.2) is 0 Å². The summed E-state index contributed by atoms with van der Waals surface area (Å²) in [6.45, 7) is 0.583. The molecular formula is C21H24ClN3O5S. The predicted molar refractivity (Wildman–Crippen MR) is 120 cm³/mol. The molecule has 2 N–H and O–H groups in total. The van der Waals surface area contributed by atoms with Gasteiger partial charge in [-0.05, 0) is 37.1 Å². The van der Waals surface area contributed by atoms with E-state index in [2.05, 4.69) is 10.6 Å². The fourth-order valence-corrected chi connectivity index (χ4v) is 4.41. The molecule has 31 heavy (non-hydrogen) atoms. The van der Waals surface area contributed by atoms with E-state index in [1.54, 1.807) is 42.5 Å². The maximum Gasteiger partial charge on any atom is 0.253 e. The highest BCUT2D eigenvalue weighted by Crippen LogP contribution is 2.27. The van der Waals surface area contributed by atoms with Crippen molar-refractivity contribution >= 4 is 44.8 Å². The molecule has 1 saturated heterocycles. The van der Waals surface area contributed by atoms with Crippen molar-refractivity contribution in [3.05, 3.63) is 59.1 Å². The maximum atomic E-state index is 12.7. The van der Waals surface area contributed by atoms with Crippen molar-refractivity contribution in [2.45, 2.75) is 18.9 Å². The lowest BCUT2D eigenvalue weighted by Gasteiger charge is -2.23. The molecule has 2 aromatic rings. The summed E-state index contributed by atoms with van der Waals surface area (Å²) in [6, 6.07) is 12.9. The molecule has 1 aliphatic heterocycles. The van der Waals surface area contributed by atoms with Gasteiger partial charge in [0.1, 0.15) is 6.54 Å². The third-order valence-corrected chi connectivity index (χ3v) is 6.21. The lowest BCUT2D eigenvalue weighted by atomic mass is 10.1. The number of halogens is 1. The zero-order valence-corrected chi connectivity index (χ0v) is 18.6. The highest BCUT2D eigenvalue weighted by Gasteiger charge is 2.24. The summed E-state index contributed by atoms with van der Waals surface area (Å²) in [5.74, 6) is -0.956.